The maximum absolute atomic E-state index is 17.3. The van der Waals surface area contributed by atoms with Gasteiger partial charge < -0.3 is 19.7 Å². The second-order valence-electron chi connectivity index (χ2n) is 11.3. The van der Waals surface area contributed by atoms with Crippen molar-refractivity contribution in [1.29, 1.82) is 0 Å². The van der Waals surface area contributed by atoms with Crippen molar-refractivity contribution in [2.45, 2.75) is 69.3 Å². The molecule has 1 heterocycles. The highest BCUT2D eigenvalue weighted by Crippen LogP contribution is 2.72. The van der Waals surface area contributed by atoms with Crippen LogP contribution in [0.5, 0.6) is 0 Å². The molecule has 5 aliphatic rings. The molecule has 4 aliphatic carbocycles. The third-order valence-electron chi connectivity index (χ3n) is 10.0. The molecule has 2 N–H and O–H groups in total. The van der Waals surface area contributed by atoms with Gasteiger partial charge in [-0.2, -0.15) is 0 Å². The Labute approximate surface area is 203 Å². The van der Waals surface area contributed by atoms with Crippen molar-refractivity contribution in [3.63, 3.8) is 0 Å². The van der Waals surface area contributed by atoms with E-state index in [1.807, 2.05) is 37.3 Å². The predicted octanol–water partition coefficient (Wildman–Crippen LogP) is 3.38. The van der Waals surface area contributed by atoms with Gasteiger partial charge in [0.05, 0.1) is 12.2 Å². The molecule has 7 heteroatoms. The summed E-state index contributed by atoms with van der Waals surface area (Å²) in [4.78, 5) is 25.5. The van der Waals surface area contributed by atoms with Gasteiger partial charge in [0.2, 0.25) is 0 Å². The first-order chi connectivity index (χ1) is 16.6. The number of alkyl halides is 1. The van der Waals surface area contributed by atoms with Crippen molar-refractivity contribution in [3.05, 3.63) is 59.7 Å². The molecule has 0 amide bonds. The number of allylic oxidation sites excluding steroid dienone is 4. The van der Waals surface area contributed by atoms with Crippen LogP contribution in [-0.4, -0.2) is 51.9 Å². The molecule has 9 atom stereocenters. The van der Waals surface area contributed by atoms with Crippen molar-refractivity contribution >= 4 is 11.6 Å². The second-order valence-corrected chi connectivity index (χ2v) is 11.3. The molecule has 186 valence electrons. The molecule has 6 nitrogen and oxygen atoms in total. The summed E-state index contributed by atoms with van der Waals surface area (Å²) >= 11 is 0. The van der Waals surface area contributed by atoms with Crippen molar-refractivity contribution in [2.24, 2.45) is 22.7 Å². The van der Waals surface area contributed by atoms with Crippen LogP contribution in [0.1, 0.15) is 51.4 Å². The first-order valence-corrected chi connectivity index (χ1v) is 12.5. The van der Waals surface area contributed by atoms with E-state index in [1.165, 1.54) is 12.2 Å². The number of ether oxygens (including phenoxy) is 2. The van der Waals surface area contributed by atoms with Crippen molar-refractivity contribution in [3.8, 4) is 0 Å². The summed E-state index contributed by atoms with van der Waals surface area (Å²) in [6.45, 7) is 2.93. The molecular formula is C28H31FO6. The van der Waals surface area contributed by atoms with Crippen molar-refractivity contribution in [2.75, 3.05) is 6.61 Å². The van der Waals surface area contributed by atoms with Gasteiger partial charge in [0.25, 0.3) is 0 Å². The SMILES string of the molecule is C[C@]12C=CC(=O)C=C1CC[C@H]1[C@@H]3C[C@H]4O[C@@H](c5ccccc5)O[C@@]4(C(=O)CO)[C@@]3(C)C[C@H](O)[C@@]12F. The van der Waals surface area contributed by atoms with Gasteiger partial charge in [-0.1, -0.05) is 48.9 Å². The number of hydrogen-bond acceptors (Lipinski definition) is 6. The Morgan fingerprint density at radius 1 is 1.20 bits per heavy atom. The number of aliphatic hydroxyl groups excluding tert-OH is 2. The van der Waals surface area contributed by atoms with E-state index in [9.17, 15) is 19.8 Å². The number of aliphatic hydroxyl groups is 2. The largest absolute Gasteiger partial charge is 0.390 e. The molecule has 35 heavy (non-hydrogen) atoms. The molecule has 3 saturated carbocycles. The van der Waals surface area contributed by atoms with E-state index in [2.05, 4.69) is 0 Å². The van der Waals surface area contributed by atoms with E-state index >= 15 is 4.39 Å². The number of ketones is 2. The molecule has 6 rings (SSSR count). The van der Waals surface area contributed by atoms with Crippen LogP contribution >= 0.6 is 0 Å². The number of fused-ring (bicyclic) bond motifs is 7. The van der Waals surface area contributed by atoms with Crippen LogP contribution in [0.2, 0.25) is 0 Å². The van der Waals surface area contributed by atoms with Gasteiger partial charge in [-0.25, -0.2) is 4.39 Å². The Morgan fingerprint density at radius 3 is 2.66 bits per heavy atom. The second kappa shape index (κ2) is 7.42. The standard InChI is InChI=1S/C28H31FO6/c1-25-11-10-18(31)12-17(25)8-9-19-20-13-23-28(22(33)15-30,26(20,2)14-21(32)27(19,25)29)35-24(34-23)16-6-4-3-5-7-16/h3-7,10-12,19-21,23-24,30,32H,8-9,13-15H2,1-2H3/t19-,20-,21-,23+,24+,25-,26-,27-,28+/m0/s1. The van der Waals surface area contributed by atoms with Crippen LogP contribution in [0.3, 0.4) is 0 Å². The zero-order valence-corrected chi connectivity index (χ0v) is 19.9. The van der Waals surface area contributed by atoms with E-state index in [-0.39, 0.29) is 18.1 Å². The molecule has 0 radical (unpaired) electrons. The molecule has 1 aromatic carbocycles. The Bertz CT molecular complexity index is 1150. The molecular weight excluding hydrogens is 451 g/mol. The quantitative estimate of drug-likeness (QED) is 0.686. The summed E-state index contributed by atoms with van der Waals surface area (Å²) in [7, 11) is 0. The molecule has 1 aliphatic heterocycles. The Balaban J connectivity index is 1.44. The number of benzene rings is 1. The molecule has 0 unspecified atom stereocenters. The van der Waals surface area contributed by atoms with Gasteiger partial charge in [-0.3, -0.25) is 9.59 Å². The molecule has 4 fully saturated rings. The molecule has 0 aromatic heterocycles. The Kier molecular flexibility index (Phi) is 4.92. The fourth-order valence-corrected chi connectivity index (χ4v) is 8.33. The van der Waals surface area contributed by atoms with Crippen molar-refractivity contribution < 1.29 is 33.7 Å². The highest BCUT2D eigenvalue weighted by molar-refractivity contribution is 6.01. The third kappa shape index (κ3) is 2.67. The average molecular weight is 483 g/mol. The predicted molar refractivity (Wildman–Crippen MR) is 124 cm³/mol. The maximum atomic E-state index is 17.3. The number of Topliss-reactive ketones (excluding diaryl/α,β-unsaturated/α-hetero) is 1. The molecule has 0 bridgehead atoms. The summed E-state index contributed by atoms with van der Waals surface area (Å²) in [5.74, 6) is -1.52. The van der Waals surface area contributed by atoms with E-state index < -0.39 is 58.9 Å². The van der Waals surface area contributed by atoms with Crippen LogP contribution in [0.15, 0.2) is 54.1 Å². The number of rotatable bonds is 3. The minimum atomic E-state index is -2.00. The van der Waals surface area contributed by atoms with Gasteiger partial charge in [0, 0.05) is 22.3 Å². The monoisotopic (exact) mass is 482 g/mol. The van der Waals surface area contributed by atoms with Crippen LogP contribution in [0, 0.1) is 22.7 Å². The van der Waals surface area contributed by atoms with Gasteiger partial charge in [-0.05, 0) is 50.7 Å². The highest BCUT2D eigenvalue weighted by atomic mass is 19.1. The summed E-state index contributed by atoms with van der Waals surface area (Å²) < 4.78 is 30.1. The Morgan fingerprint density at radius 2 is 1.94 bits per heavy atom. The van der Waals surface area contributed by atoms with Crippen LogP contribution in [0.4, 0.5) is 4.39 Å². The minimum absolute atomic E-state index is 0.0115. The van der Waals surface area contributed by atoms with Gasteiger partial charge in [-0.15, -0.1) is 0 Å². The lowest BCUT2D eigenvalue weighted by atomic mass is 9.44. The zero-order valence-electron chi connectivity index (χ0n) is 19.9. The summed E-state index contributed by atoms with van der Waals surface area (Å²) in [5, 5.41) is 21.5. The fourth-order valence-electron chi connectivity index (χ4n) is 8.33. The van der Waals surface area contributed by atoms with Gasteiger partial charge in [0.15, 0.2) is 29.1 Å². The lowest BCUT2D eigenvalue weighted by Crippen LogP contribution is -2.69. The lowest BCUT2D eigenvalue weighted by molar-refractivity contribution is -0.231. The number of carbonyl (C=O) groups is 2. The lowest BCUT2D eigenvalue weighted by Gasteiger charge is -2.62. The van der Waals surface area contributed by atoms with E-state index in [0.717, 1.165) is 5.56 Å². The average Bonchev–Trinajstić information content (AvgIpc) is 3.34. The van der Waals surface area contributed by atoms with Crippen molar-refractivity contribution in [1.82, 2.24) is 0 Å². The summed E-state index contributed by atoms with van der Waals surface area (Å²) in [6.07, 6.45) is 3.07. The summed E-state index contributed by atoms with van der Waals surface area (Å²) in [6, 6.07) is 9.32. The van der Waals surface area contributed by atoms with E-state index in [4.69, 9.17) is 9.47 Å². The van der Waals surface area contributed by atoms with Crippen LogP contribution in [0.25, 0.3) is 0 Å². The van der Waals surface area contributed by atoms with E-state index in [1.54, 1.807) is 13.0 Å². The third-order valence-corrected chi connectivity index (χ3v) is 10.0. The fraction of sp³-hybridized carbons (Fsp3) is 0.571. The number of halogens is 1. The number of hydrogen-bond donors (Lipinski definition) is 2. The highest BCUT2D eigenvalue weighted by Gasteiger charge is 2.79. The van der Waals surface area contributed by atoms with Crippen LogP contribution in [-0.2, 0) is 19.1 Å². The van der Waals surface area contributed by atoms with Gasteiger partial charge >= 0.3 is 0 Å². The molecule has 1 saturated heterocycles. The number of carbonyl (C=O) groups excluding carboxylic acids is 2. The molecule has 1 aromatic rings. The normalized spacial score (nSPS) is 48.0. The summed E-state index contributed by atoms with van der Waals surface area (Å²) in [5.41, 5.74) is -4.05. The van der Waals surface area contributed by atoms with Gasteiger partial charge in [0.1, 0.15) is 6.61 Å². The topological polar surface area (TPSA) is 93.1 Å². The minimum Gasteiger partial charge on any atom is -0.390 e. The maximum Gasteiger partial charge on any atom is 0.193 e. The smallest absolute Gasteiger partial charge is 0.193 e. The molecule has 0 spiro atoms. The van der Waals surface area contributed by atoms with E-state index in [0.29, 0.717) is 24.8 Å². The Hall–Kier alpha value is -2.19. The zero-order chi connectivity index (χ0) is 24.8. The van der Waals surface area contributed by atoms with Crippen LogP contribution < -0.4 is 0 Å². The first-order valence-electron chi connectivity index (χ1n) is 12.5. The first kappa shape index (κ1) is 23.2.